The lowest BCUT2D eigenvalue weighted by atomic mass is 10.1. The van der Waals surface area contributed by atoms with Gasteiger partial charge in [0.2, 0.25) is 0 Å². The van der Waals surface area contributed by atoms with Gasteiger partial charge in [-0.15, -0.1) is 0 Å². The third kappa shape index (κ3) is 4.85. The molecule has 5 heteroatoms. The first-order chi connectivity index (χ1) is 10.5. The number of halogens is 2. The van der Waals surface area contributed by atoms with Crippen LogP contribution >= 0.6 is 31.9 Å². The Morgan fingerprint density at radius 1 is 1.18 bits per heavy atom. The summed E-state index contributed by atoms with van der Waals surface area (Å²) in [6.07, 6.45) is -0.567. The predicted octanol–water partition coefficient (Wildman–Crippen LogP) is 4.60. The molecule has 0 radical (unpaired) electrons. The quantitative estimate of drug-likeness (QED) is 0.758. The lowest BCUT2D eigenvalue weighted by molar-refractivity contribution is -0.127. The summed E-state index contributed by atoms with van der Waals surface area (Å²) < 4.78 is 7.44. The van der Waals surface area contributed by atoms with Gasteiger partial charge in [0.15, 0.2) is 6.10 Å². The number of rotatable bonds is 5. The van der Waals surface area contributed by atoms with Gasteiger partial charge in [0.25, 0.3) is 5.91 Å². The summed E-state index contributed by atoms with van der Waals surface area (Å²) in [5.41, 5.74) is 2.27. The second-order valence-electron chi connectivity index (χ2n) is 5.04. The molecule has 0 aliphatic carbocycles. The summed E-state index contributed by atoms with van der Waals surface area (Å²) >= 11 is 6.80. The van der Waals surface area contributed by atoms with Gasteiger partial charge in [-0.05, 0) is 53.5 Å². The molecule has 0 aliphatic heterocycles. The molecule has 2 aromatic rings. The number of ether oxygens (including phenoxy) is 1. The highest BCUT2D eigenvalue weighted by Gasteiger charge is 2.15. The van der Waals surface area contributed by atoms with Crippen LogP contribution in [0, 0.1) is 6.92 Å². The van der Waals surface area contributed by atoms with E-state index in [-0.39, 0.29) is 5.91 Å². The van der Waals surface area contributed by atoms with Crippen LogP contribution in [0.25, 0.3) is 0 Å². The fraction of sp³-hybridized carbons (Fsp3) is 0.235. The van der Waals surface area contributed by atoms with Crippen molar-refractivity contribution >= 4 is 37.8 Å². The van der Waals surface area contributed by atoms with E-state index in [0.717, 1.165) is 14.5 Å². The standard InChI is InChI=1S/C17H17Br2NO2/c1-11-3-5-13(6-4-11)10-20-17(21)12(2)22-16-8-7-14(18)9-15(16)19/h3-9,12H,10H2,1-2H3,(H,20,21)/t12-/m1/s1. The summed E-state index contributed by atoms with van der Waals surface area (Å²) in [5, 5.41) is 2.88. The van der Waals surface area contributed by atoms with Crippen LogP contribution in [-0.2, 0) is 11.3 Å². The van der Waals surface area contributed by atoms with E-state index in [1.807, 2.05) is 49.4 Å². The molecule has 1 amide bonds. The maximum absolute atomic E-state index is 12.1. The van der Waals surface area contributed by atoms with Gasteiger partial charge < -0.3 is 10.1 Å². The molecule has 0 saturated carbocycles. The van der Waals surface area contributed by atoms with Gasteiger partial charge >= 0.3 is 0 Å². The molecular weight excluding hydrogens is 410 g/mol. The summed E-state index contributed by atoms with van der Waals surface area (Å²) in [5.74, 6) is 0.497. The van der Waals surface area contributed by atoms with Crippen molar-refractivity contribution in [2.24, 2.45) is 0 Å². The van der Waals surface area contributed by atoms with Gasteiger partial charge in [-0.3, -0.25) is 4.79 Å². The summed E-state index contributed by atoms with van der Waals surface area (Å²) in [6, 6.07) is 13.6. The van der Waals surface area contributed by atoms with Crippen LogP contribution in [0.15, 0.2) is 51.4 Å². The molecule has 1 atom stereocenters. The van der Waals surface area contributed by atoms with Crippen molar-refractivity contribution in [2.75, 3.05) is 0 Å². The van der Waals surface area contributed by atoms with E-state index in [1.54, 1.807) is 6.92 Å². The van der Waals surface area contributed by atoms with Crippen molar-refractivity contribution in [1.29, 1.82) is 0 Å². The Labute approximate surface area is 147 Å². The van der Waals surface area contributed by atoms with Crippen LogP contribution in [0.1, 0.15) is 18.1 Å². The first kappa shape index (κ1) is 17.0. The minimum atomic E-state index is -0.567. The molecule has 3 nitrogen and oxygen atoms in total. The van der Waals surface area contributed by atoms with E-state index in [1.165, 1.54) is 5.56 Å². The summed E-state index contributed by atoms with van der Waals surface area (Å²) in [7, 11) is 0. The monoisotopic (exact) mass is 425 g/mol. The van der Waals surface area contributed by atoms with Gasteiger partial charge in [0.05, 0.1) is 4.47 Å². The van der Waals surface area contributed by atoms with Crippen molar-refractivity contribution in [3.05, 3.63) is 62.5 Å². The molecule has 0 fully saturated rings. The Kier molecular flexibility index (Phi) is 6.03. The SMILES string of the molecule is Cc1ccc(CNC(=O)[C@@H](C)Oc2ccc(Br)cc2Br)cc1. The highest BCUT2D eigenvalue weighted by Crippen LogP contribution is 2.28. The van der Waals surface area contributed by atoms with Crippen LogP contribution in [0.2, 0.25) is 0 Å². The van der Waals surface area contributed by atoms with Gasteiger partial charge in [-0.25, -0.2) is 0 Å². The molecule has 2 aromatic carbocycles. The Morgan fingerprint density at radius 2 is 1.86 bits per heavy atom. The number of carbonyl (C=O) groups is 1. The molecule has 0 aliphatic rings. The summed E-state index contributed by atoms with van der Waals surface area (Å²) in [4.78, 5) is 12.1. The Bertz CT molecular complexity index is 656. The first-order valence-corrected chi connectivity index (χ1v) is 8.49. The zero-order valence-corrected chi connectivity index (χ0v) is 15.6. The van der Waals surface area contributed by atoms with Gasteiger partial charge in [0, 0.05) is 11.0 Å². The van der Waals surface area contributed by atoms with E-state index >= 15 is 0 Å². The van der Waals surface area contributed by atoms with Gasteiger partial charge in [-0.2, -0.15) is 0 Å². The van der Waals surface area contributed by atoms with E-state index in [2.05, 4.69) is 37.2 Å². The normalized spacial score (nSPS) is 11.8. The van der Waals surface area contributed by atoms with E-state index < -0.39 is 6.10 Å². The van der Waals surface area contributed by atoms with Crippen LogP contribution in [0.4, 0.5) is 0 Å². The van der Waals surface area contributed by atoms with E-state index in [9.17, 15) is 4.79 Å². The van der Waals surface area contributed by atoms with Crippen LogP contribution in [-0.4, -0.2) is 12.0 Å². The van der Waals surface area contributed by atoms with Crippen LogP contribution < -0.4 is 10.1 Å². The fourth-order valence-corrected chi connectivity index (χ4v) is 2.99. The van der Waals surface area contributed by atoms with Crippen LogP contribution in [0.3, 0.4) is 0 Å². The lowest BCUT2D eigenvalue weighted by Gasteiger charge is -2.16. The third-order valence-corrected chi connectivity index (χ3v) is 4.27. The molecule has 116 valence electrons. The van der Waals surface area contributed by atoms with Crippen molar-refractivity contribution in [3.63, 3.8) is 0 Å². The van der Waals surface area contributed by atoms with Gasteiger partial charge in [0.1, 0.15) is 5.75 Å². The molecule has 22 heavy (non-hydrogen) atoms. The molecule has 0 spiro atoms. The third-order valence-electron chi connectivity index (χ3n) is 3.15. The van der Waals surface area contributed by atoms with Crippen molar-refractivity contribution < 1.29 is 9.53 Å². The van der Waals surface area contributed by atoms with Crippen molar-refractivity contribution in [2.45, 2.75) is 26.5 Å². The molecule has 0 bridgehead atoms. The second kappa shape index (κ2) is 7.79. The molecule has 2 rings (SSSR count). The highest BCUT2D eigenvalue weighted by molar-refractivity contribution is 9.11. The number of hydrogen-bond acceptors (Lipinski definition) is 2. The number of carbonyl (C=O) groups excluding carboxylic acids is 1. The molecular formula is C17H17Br2NO2. The second-order valence-corrected chi connectivity index (χ2v) is 6.81. The molecule has 0 saturated heterocycles. The number of hydrogen-bond donors (Lipinski definition) is 1. The lowest BCUT2D eigenvalue weighted by Crippen LogP contribution is -2.35. The molecule has 0 unspecified atom stereocenters. The molecule has 0 aromatic heterocycles. The van der Waals surface area contributed by atoms with Crippen molar-refractivity contribution in [1.82, 2.24) is 5.32 Å². The first-order valence-electron chi connectivity index (χ1n) is 6.90. The number of nitrogens with one attached hydrogen (secondary N) is 1. The fourth-order valence-electron chi connectivity index (χ4n) is 1.85. The maximum Gasteiger partial charge on any atom is 0.261 e. The largest absolute Gasteiger partial charge is 0.480 e. The smallest absolute Gasteiger partial charge is 0.261 e. The van der Waals surface area contributed by atoms with E-state index in [4.69, 9.17) is 4.74 Å². The van der Waals surface area contributed by atoms with Gasteiger partial charge in [-0.1, -0.05) is 45.8 Å². The minimum Gasteiger partial charge on any atom is -0.480 e. The van der Waals surface area contributed by atoms with Crippen molar-refractivity contribution in [3.8, 4) is 5.75 Å². The zero-order valence-electron chi connectivity index (χ0n) is 12.4. The average Bonchev–Trinajstić information content (AvgIpc) is 2.49. The minimum absolute atomic E-state index is 0.143. The Morgan fingerprint density at radius 3 is 2.50 bits per heavy atom. The maximum atomic E-state index is 12.1. The van der Waals surface area contributed by atoms with E-state index in [0.29, 0.717) is 12.3 Å². The van der Waals surface area contributed by atoms with Crippen LogP contribution in [0.5, 0.6) is 5.75 Å². The highest BCUT2D eigenvalue weighted by atomic mass is 79.9. The zero-order chi connectivity index (χ0) is 16.1. The topological polar surface area (TPSA) is 38.3 Å². The number of amides is 1. The summed E-state index contributed by atoms with van der Waals surface area (Å²) in [6.45, 7) is 4.27. The predicted molar refractivity (Wildman–Crippen MR) is 95.0 cm³/mol. The average molecular weight is 427 g/mol. The Balaban J connectivity index is 1.90. The number of aryl methyl sites for hydroxylation is 1. The number of benzene rings is 2. The Hall–Kier alpha value is -1.33. The molecule has 1 N–H and O–H groups in total. The molecule has 0 heterocycles.